The van der Waals surface area contributed by atoms with Crippen LogP contribution in [0.15, 0.2) is 42.5 Å². The zero-order valence-corrected chi connectivity index (χ0v) is 16.6. The van der Waals surface area contributed by atoms with Crippen molar-refractivity contribution >= 4 is 33.0 Å². The average Bonchev–Trinajstić information content (AvgIpc) is 2.67. The van der Waals surface area contributed by atoms with Crippen LogP contribution in [0.4, 0.5) is 25.8 Å². The van der Waals surface area contributed by atoms with Crippen LogP contribution in [-0.2, 0) is 19.6 Å². The molecular formula is C19H21F2N3O4S. The van der Waals surface area contributed by atoms with E-state index >= 15 is 0 Å². The SMILES string of the molecule is CS(=O)(=O)N(CC(=O)Nc1ccc(N2CCOCC2)cc1)c1ccc(F)cc1F. The molecular weight excluding hydrogens is 404 g/mol. The fraction of sp³-hybridized carbons (Fsp3) is 0.316. The molecule has 0 saturated carbocycles. The van der Waals surface area contributed by atoms with Crippen LogP contribution in [0.5, 0.6) is 0 Å². The van der Waals surface area contributed by atoms with Crippen molar-refractivity contribution in [1.29, 1.82) is 0 Å². The highest BCUT2D eigenvalue weighted by Crippen LogP contribution is 2.23. The maximum atomic E-state index is 14.0. The minimum absolute atomic E-state index is 0.397. The number of ether oxygens (including phenoxy) is 1. The first-order chi connectivity index (χ1) is 13.7. The van der Waals surface area contributed by atoms with Crippen molar-refractivity contribution in [2.24, 2.45) is 0 Å². The van der Waals surface area contributed by atoms with E-state index in [1.165, 1.54) is 0 Å². The van der Waals surface area contributed by atoms with E-state index in [2.05, 4.69) is 10.2 Å². The zero-order chi connectivity index (χ0) is 21.0. The smallest absolute Gasteiger partial charge is 0.245 e. The molecule has 1 N–H and O–H groups in total. The summed E-state index contributed by atoms with van der Waals surface area (Å²) in [5.41, 5.74) is 1.06. The van der Waals surface area contributed by atoms with Crippen molar-refractivity contribution in [3.8, 4) is 0 Å². The Balaban J connectivity index is 1.70. The number of hydrogen-bond donors (Lipinski definition) is 1. The Hall–Kier alpha value is -2.72. The molecule has 2 aromatic carbocycles. The summed E-state index contributed by atoms with van der Waals surface area (Å²) >= 11 is 0. The molecule has 0 aliphatic carbocycles. The Morgan fingerprint density at radius 2 is 1.79 bits per heavy atom. The van der Waals surface area contributed by atoms with Crippen molar-refractivity contribution in [3.05, 3.63) is 54.1 Å². The van der Waals surface area contributed by atoms with Gasteiger partial charge in [0.1, 0.15) is 18.2 Å². The van der Waals surface area contributed by atoms with Gasteiger partial charge in [-0.1, -0.05) is 0 Å². The van der Waals surface area contributed by atoms with Gasteiger partial charge in [-0.05, 0) is 36.4 Å². The van der Waals surface area contributed by atoms with E-state index in [1.807, 2.05) is 12.1 Å². The van der Waals surface area contributed by atoms with E-state index in [9.17, 15) is 22.0 Å². The lowest BCUT2D eigenvalue weighted by Crippen LogP contribution is -2.38. The number of nitrogens with zero attached hydrogens (tertiary/aromatic N) is 2. The maximum Gasteiger partial charge on any atom is 0.245 e. The number of sulfonamides is 1. The third-order valence-corrected chi connectivity index (χ3v) is 5.52. The highest BCUT2D eigenvalue weighted by atomic mass is 32.2. The van der Waals surface area contributed by atoms with Crippen LogP contribution < -0.4 is 14.5 Å². The van der Waals surface area contributed by atoms with Crippen LogP contribution in [0.3, 0.4) is 0 Å². The molecule has 3 rings (SSSR count). The molecule has 0 unspecified atom stereocenters. The van der Waals surface area contributed by atoms with Gasteiger partial charge in [-0.15, -0.1) is 0 Å². The zero-order valence-electron chi connectivity index (χ0n) is 15.8. The van der Waals surface area contributed by atoms with Crippen LogP contribution in [0, 0.1) is 11.6 Å². The first-order valence-electron chi connectivity index (χ1n) is 8.89. The lowest BCUT2D eigenvalue weighted by atomic mass is 10.2. The fourth-order valence-electron chi connectivity index (χ4n) is 2.97. The molecule has 0 radical (unpaired) electrons. The molecule has 2 aromatic rings. The number of rotatable bonds is 6. The Bertz CT molecular complexity index is 977. The number of carbonyl (C=O) groups excluding carboxylic acids is 1. The number of carbonyl (C=O) groups is 1. The van der Waals surface area contributed by atoms with E-state index in [4.69, 9.17) is 4.74 Å². The third kappa shape index (κ3) is 5.42. The topological polar surface area (TPSA) is 79.0 Å². The van der Waals surface area contributed by atoms with Crippen molar-refractivity contribution in [3.63, 3.8) is 0 Å². The summed E-state index contributed by atoms with van der Waals surface area (Å²) in [5, 5.41) is 2.59. The number of anilines is 3. The lowest BCUT2D eigenvalue weighted by molar-refractivity contribution is -0.114. The summed E-state index contributed by atoms with van der Waals surface area (Å²) in [6.45, 7) is 2.21. The number of benzene rings is 2. The Morgan fingerprint density at radius 1 is 1.14 bits per heavy atom. The first kappa shape index (κ1) is 21.0. The van der Waals surface area contributed by atoms with Crippen molar-refractivity contribution in [2.45, 2.75) is 0 Å². The molecule has 1 amide bonds. The Labute approximate surface area is 167 Å². The third-order valence-electron chi connectivity index (χ3n) is 4.39. The van der Waals surface area contributed by atoms with Crippen LogP contribution >= 0.6 is 0 Å². The molecule has 1 aliphatic heterocycles. The molecule has 1 aliphatic rings. The van der Waals surface area contributed by atoms with E-state index in [0.29, 0.717) is 29.3 Å². The predicted molar refractivity (Wildman–Crippen MR) is 107 cm³/mol. The number of nitrogens with one attached hydrogen (secondary N) is 1. The number of amides is 1. The molecule has 0 bridgehead atoms. The summed E-state index contributed by atoms with van der Waals surface area (Å²) < 4.78 is 57.2. The highest BCUT2D eigenvalue weighted by Gasteiger charge is 2.24. The van der Waals surface area contributed by atoms with E-state index in [1.54, 1.807) is 12.1 Å². The molecule has 1 heterocycles. The molecule has 0 atom stereocenters. The Kier molecular flexibility index (Phi) is 6.33. The molecule has 0 aromatic heterocycles. The van der Waals surface area contributed by atoms with Gasteiger partial charge in [0.2, 0.25) is 15.9 Å². The highest BCUT2D eigenvalue weighted by molar-refractivity contribution is 7.92. The van der Waals surface area contributed by atoms with Gasteiger partial charge in [0.15, 0.2) is 0 Å². The molecule has 156 valence electrons. The van der Waals surface area contributed by atoms with Crippen LogP contribution in [-0.4, -0.2) is 53.4 Å². The minimum Gasteiger partial charge on any atom is -0.378 e. The fourth-order valence-corrected chi connectivity index (χ4v) is 3.83. The molecule has 29 heavy (non-hydrogen) atoms. The summed E-state index contributed by atoms with van der Waals surface area (Å²) in [6.07, 6.45) is 0.847. The van der Waals surface area contributed by atoms with Gasteiger partial charge in [-0.3, -0.25) is 9.10 Å². The van der Waals surface area contributed by atoms with Gasteiger partial charge in [0, 0.05) is 30.5 Å². The summed E-state index contributed by atoms with van der Waals surface area (Å²) in [7, 11) is -3.97. The second-order valence-electron chi connectivity index (χ2n) is 6.56. The molecule has 7 nitrogen and oxygen atoms in total. The standard InChI is InChI=1S/C19H21F2N3O4S/c1-29(26,27)24(18-7-2-14(20)12-17(18)21)13-19(25)22-15-3-5-16(6-4-15)23-8-10-28-11-9-23/h2-7,12H,8-11,13H2,1H3,(H,22,25). The minimum atomic E-state index is -3.97. The lowest BCUT2D eigenvalue weighted by Gasteiger charge is -2.29. The molecule has 0 spiro atoms. The molecule has 1 fully saturated rings. The van der Waals surface area contributed by atoms with E-state index in [0.717, 1.165) is 37.2 Å². The van der Waals surface area contributed by atoms with E-state index in [-0.39, 0.29) is 0 Å². The first-order valence-corrected chi connectivity index (χ1v) is 10.7. The quantitative estimate of drug-likeness (QED) is 0.768. The van der Waals surface area contributed by atoms with Crippen LogP contribution in [0.1, 0.15) is 0 Å². The number of halogens is 2. The largest absolute Gasteiger partial charge is 0.378 e. The van der Waals surface area contributed by atoms with Gasteiger partial charge < -0.3 is 15.0 Å². The Morgan fingerprint density at radius 3 is 2.38 bits per heavy atom. The van der Waals surface area contributed by atoms with Gasteiger partial charge >= 0.3 is 0 Å². The van der Waals surface area contributed by atoms with Crippen LogP contribution in [0.2, 0.25) is 0 Å². The maximum absolute atomic E-state index is 14.0. The second kappa shape index (κ2) is 8.75. The van der Waals surface area contributed by atoms with Crippen LogP contribution in [0.25, 0.3) is 0 Å². The van der Waals surface area contributed by atoms with Crippen molar-refractivity contribution in [2.75, 3.05) is 53.6 Å². The average molecular weight is 425 g/mol. The monoisotopic (exact) mass is 425 g/mol. The summed E-state index contributed by atoms with van der Waals surface area (Å²) in [5.74, 6) is -2.57. The second-order valence-corrected chi connectivity index (χ2v) is 8.47. The number of morpholine rings is 1. The van der Waals surface area contributed by atoms with Gasteiger partial charge in [0.25, 0.3) is 0 Å². The van der Waals surface area contributed by atoms with Gasteiger partial charge in [0.05, 0.1) is 25.2 Å². The number of hydrogen-bond acceptors (Lipinski definition) is 5. The summed E-state index contributed by atoms with van der Waals surface area (Å²) in [4.78, 5) is 14.5. The molecule has 10 heteroatoms. The predicted octanol–water partition coefficient (Wildman–Crippen LogP) is 2.21. The molecule has 1 saturated heterocycles. The van der Waals surface area contributed by atoms with E-state index < -0.39 is 39.8 Å². The summed E-state index contributed by atoms with van der Waals surface area (Å²) in [6, 6.07) is 9.56. The van der Waals surface area contributed by atoms with Gasteiger partial charge in [-0.25, -0.2) is 17.2 Å². The van der Waals surface area contributed by atoms with Crippen molar-refractivity contribution in [1.82, 2.24) is 0 Å². The van der Waals surface area contributed by atoms with Gasteiger partial charge in [-0.2, -0.15) is 0 Å². The van der Waals surface area contributed by atoms with Crippen molar-refractivity contribution < 1.29 is 26.7 Å². The normalized spacial score (nSPS) is 14.5.